The molecule has 2 aromatic rings. The highest BCUT2D eigenvalue weighted by Crippen LogP contribution is 2.24. The summed E-state index contributed by atoms with van der Waals surface area (Å²) in [5.74, 6) is -0.832. The van der Waals surface area contributed by atoms with Gasteiger partial charge in [0.25, 0.3) is 10.1 Å². The smallest absolute Gasteiger partial charge is 0.407 e. The van der Waals surface area contributed by atoms with Crippen molar-refractivity contribution in [2.75, 3.05) is 26.0 Å². The molecular formula is C22H27NO7S2. The molecule has 0 aliphatic heterocycles. The van der Waals surface area contributed by atoms with Gasteiger partial charge in [-0.1, -0.05) is 36.4 Å². The third-order valence-corrected chi connectivity index (χ3v) is 5.92. The number of alkyl carbamates (subject to hydrolysis) is 1. The average molecular weight is 482 g/mol. The van der Waals surface area contributed by atoms with Gasteiger partial charge in [-0.3, -0.25) is 4.18 Å². The number of rotatable bonds is 11. The Kier molecular flexibility index (Phi) is 9.89. The molecule has 2 rings (SSSR count). The van der Waals surface area contributed by atoms with E-state index in [4.69, 9.17) is 13.7 Å². The number of nitrogens with one attached hydrogen (secondary N) is 1. The third kappa shape index (κ3) is 9.21. The molecule has 0 aliphatic carbocycles. The SMILES string of the molecule is CCOC(=O)c1cc(C)c(/C=C/C(CNC(=O)OCc2ccccc2)COS(C)(=O)=O)s1. The van der Waals surface area contributed by atoms with E-state index in [0.29, 0.717) is 4.88 Å². The minimum Gasteiger partial charge on any atom is -0.462 e. The lowest BCUT2D eigenvalue weighted by Gasteiger charge is -2.14. The van der Waals surface area contributed by atoms with Crippen LogP contribution in [0.5, 0.6) is 0 Å². The molecule has 8 nitrogen and oxygen atoms in total. The van der Waals surface area contributed by atoms with Crippen molar-refractivity contribution in [2.24, 2.45) is 5.92 Å². The van der Waals surface area contributed by atoms with Crippen LogP contribution < -0.4 is 5.32 Å². The van der Waals surface area contributed by atoms with E-state index in [1.54, 1.807) is 25.1 Å². The second kappa shape index (κ2) is 12.4. The number of carbonyl (C=O) groups is 2. The molecule has 174 valence electrons. The van der Waals surface area contributed by atoms with Gasteiger partial charge in [0, 0.05) is 17.3 Å². The summed E-state index contributed by atoms with van der Waals surface area (Å²) in [6.45, 7) is 3.97. The van der Waals surface area contributed by atoms with E-state index in [1.807, 2.05) is 37.3 Å². The van der Waals surface area contributed by atoms with Crippen molar-refractivity contribution in [3.05, 3.63) is 63.4 Å². The molecule has 1 unspecified atom stereocenters. The predicted molar refractivity (Wildman–Crippen MR) is 123 cm³/mol. The number of aryl methyl sites for hydroxylation is 1. The fourth-order valence-electron chi connectivity index (χ4n) is 2.57. The van der Waals surface area contributed by atoms with Gasteiger partial charge in [-0.15, -0.1) is 11.3 Å². The van der Waals surface area contributed by atoms with E-state index in [2.05, 4.69) is 5.32 Å². The monoisotopic (exact) mass is 481 g/mol. The highest BCUT2D eigenvalue weighted by atomic mass is 32.2. The van der Waals surface area contributed by atoms with Gasteiger partial charge in [0.15, 0.2) is 0 Å². The molecule has 0 radical (unpaired) electrons. The highest BCUT2D eigenvalue weighted by molar-refractivity contribution is 7.85. The van der Waals surface area contributed by atoms with Gasteiger partial charge < -0.3 is 14.8 Å². The Morgan fingerprint density at radius 2 is 1.91 bits per heavy atom. The first kappa shape index (κ1) is 25.6. The van der Waals surface area contributed by atoms with E-state index in [1.165, 1.54) is 11.3 Å². The zero-order valence-corrected chi connectivity index (χ0v) is 19.8. The number of amides is 1. The number of hydrogen-bond donors (Lipinski definition) is 1. The summed E-state index contributed by atoms with van der Waals surface area (Å²) in [7, 11) is -3.64. The van der Waals surface area contributed by atoms with Gasteiger partial charge in [0.05, 0.1) is 19.5 Å². The molecule has 1 heterocycles. The molecule has 0 bridgehead atoms. The summed E-state index contributed by atoms with van der Waals surface area (Å²) in [5.41, 5.74) is 1.73. The van der Waals surface area contributed by atoms with Crippen molar-refractivity contribution in [2.45, 2.75) is 20.5 Å². The molecule has 32 heavy (non-hydrogen) atoms. The number of benzene rings is 1. The number of thiophene rings is 1. The van der Waals surface area contributed by atoms with E-state index in [-0.39, 0.29) is 32.3 Å². The lowest BCUT2D eigenvalue weighted by molar-refractivity contribution is 0.0532. The van der Waals surface area contributed by atoms with Crippen molar-refractivity contribution in [3.63, 3.8) is 0 Å². The molecule has 0 aliphatic rings. The van der Waals surface area contributed by atoms with Crippen LogP contribution in [0.25, 0.3) is 6.08 Å². The number of ether oxygens (including phenoxy) is 2. The largest absolute Gasteiger partial charge is 0.462 e. The van der Waals surface area contributed by atoms with Crippen molar-refractivity contribution in [3.8, 4) is 0 Å². The van der Waals surface area contributed by atoms with Gasteiger partial charge in [-0.25, -0.2) is 9.59 Å². The molecule has 1 amide bonds. The summed E-state index contributed by atoms with van der Waals surface area (Å²) in [4.78, 5) is 25.2. The maximum atomic E-state index is 12.0. The van der Waals surface area contributed by atoms with Gasteiger partial charge >= 0.3 is 12.1 Å². The summed E-state index contributed by atoms with van der Waals surface area (Å²) in [6.07, 6.45) is 3.85. The minimum atomic E-state index is -3.64. The number of esters is 1. The van der Waals surface area contributed by atoms with Crippen LogP contribution in [-0.2, 0) is 30.4 Å². The lowest BCUT2D eigenvalue weighted by Crippen LogP contribution is -2.31. The fraction of sp³-hybridized carbons (Fsp3) is 0.364. The van der Waals surface area contributed by atoms with Crippen LogP contribution in [0.15, 0.2) is 42.5 Å². The summed E-state index contributed by atoms with van der Waals surface area (Å²) >= 11 is 1.27. The van der Waals surface area contributed by atoms with Gasteiger partial charge in [-0.05, 0) is 37.1 Å². The molecule has 0 saturated carbocycles. The van der Waals surface area contributed by atoms with Crippen molar-refractivity contribution >= 4 is 39.6 Å². The Balaban J connectivity index is 2.00. The molecule has 1 aromatic heterocycles. The Morgan fingerprint density at radius 3 is 2.56 bits per heavy atom. The number of hydrogen-bond acceptors (Lipinski definition) is 8. The predicted octanol–water partition coefficient (Wildman–Crippen LogP) is 3.77. The molecule has 10 heteroatoms. The first-order chi connectivity index (χ1) is 15.2. The zero-order chi connectivity index (χ0) is 23.6. The zero-order valence-electron chi connectivity index (χ0n) is 18.2. The van der Waals surface area contributed by atoms with E-state index in [9.17, 15) is 18.0 Å². The quantitative estimate of drug-likeness (QED) is 0.384. The van der Waals surface area contributed by atoms with Crippen molar-refractivity contribution in [1.29, 1.82) is 0 Å². The molecule has 1 N–H and O–H groups in total. The van der Waals surface area contributed by atoms with Crippen LogP contribution in [0.4, 0.5) is 4.79 Å². The average Bonchev–Trinajstić information content (AvgIpc) is 3.12. The second-order valence-corrected chi connectivity index (χ2v) is 9.66. The lowest BCUT2D eigenvalue weighted by atomic mass is 10.1. The highest BCUT2D eigenvalue weighted by Gasteiger charge is 2.15. The normalized spacial score (nSPS) is 12.5. The third-order valence-electron chi connectivity index (χ3n) is 4.17. The van der Waals surface area contributed by atoms with Gasteiger partial charge in [-0.2, -0.15) is 8.42 Å². The molecule has 0 fully saturated rings. The maximum Gasteiger partial charge on any atom is 0.407 e. The van der Waals surface area contributed by atoms with Crippen LogP contribution >= 0.6 is 11.3 Å². The topological polar surface area (TPSA) is 108 Å². The van der Waals surface area contributed by atoms with Crippen molar-refractivity contribution in [1.82, 2.24) is 5.32 Å². The van der Waals surface area contributed by atoms with E-state index >= 15 is 0 Å². The van der Waals surface area contributed by atoms with Crippen LogP contribution in [-0.4, -0.2) is 46.5 Å². The molecule has 1 atom stereocenters. The van der Waals surface area contributed by atoms with Crippen LogP contribution in [0.3, 0.4) is 0 Å². The standard InChI is InChI=1S/C22H27NO7S2/c1-4-28-21(24)20-12-16(2)19(31-20)11-10-18(15-30-32(3,26)27)13-23-22(25)29-14-17-8-6-5-7-9-17/h5-12,18H,4,13-15H2,1-3H3,(H,23,25)/b11-10+. The summed E-state index contributed by atoms with van der Waals surface area (Å²) < 4.78 is 37.9. The molecule has 0 spiro atoms. The Bertz CT molecular complexity index is 1030. The Hall–Kier alpha value is -2.69. The minimum absolute atomic E-state index is 0.106. The Morgan fingerprint density at radius 1 is 1.19 bits per heavy atom. The summed E-state index contributed by atoms with van der Waals surface area (Å²) in [5, 5.41) is 2.62. The number of carbonyl (C=O) groups excluding carboxylic acids is 2. The Labute approximate surface area is 192 Å². The van der Waals surface area contributed by atoms with Gasteiger partial charge in [0.1, 0.15) is 11.5 Å². The van der Waals surface area contributed by atoms with E-state index in [0.717, 1.165) is 22.3 Å². The molecular weight excluding hydrogens is 454 g/mol. The van der Waals surface area contributed by atoms with Crippen molar-refractivity contribution < 1.29 is 31.7 Å². The van der Waals surface area contributed by atoms with Crippen LogP contribution in [0.1, 0.15) is 32.6 Å². The van der Waals surface area contributed by atoms with Crippen LogP contribution in [0, 0.1) is 12.8 Å². The van der Waals surface area contributed by atoms with E-state index < -0.39 is 22.1 Å². The maximum absolute atomic E-state index is 12.0. The first-order valence-electron chi connectivity index (χ1n) is 9.92. The van der Waals surface area contributed by atoms with Crippen LogP contribution in [0.2, 0.25) is 0 Å². The molecule has 0 saturated heterocycles. The van der Waals surface area contributed by atoms with Gasteiger partial charge in [0.2, 0.25) is 0 Å². The fourth-order valence-corrected chi connectivity index (χ4v) is 3.97. The first-order valence-corrected chi connectivity index (χ1v) is 12.6. The summed E-state index contributed by atoms with van der Waals surface area (Å²) in [6, 6.07) is 11.0. The second-order valence-electron chi connectivity index (χ2n) is 6.93. The molecule has 1 aromatic carbocycles.